The van der Waals surface area contributed by atoms with Crippen molar-refractivity contribution < 1.29 is 23.2 Å². The smallest absolute Gasteiger partial charge is 0.265 e. The zero-order valence-corrected chi connectivity index (χ0v) is 16.2. The van der Waals surface area contributed by atoms with Gasteiger partial charge in [-0.3, -0.25) is 4.79 Å². The number of hydrogen-bond donors (Lipinski definition) is 1. The van der Waals surface area contributed by atoms with E-state index in [-0.39, 0.29) is 29.9 Å². The average Bonchev–Trinajstić information content (AvgIpc) is 3.16. The molecule has 4 aromatic rings. The molecular weight excluding hydrogens is 391 g/mol. The van der Waals surface area contributed by atoms with E-state index in [1.54, 1.807) is 50.4 Å². The van der Waals surface area contributed by atoms with Crippen LogP contribution in [0, 0.1) is 12.7 Å². The van der Waals surface area contributed by atoms with Gasteiger partial charge in [0.25, 0.3) is 11.6 Å². The summed E-state index contributed by atoms with van der Waals surface area (Å²) in [5.74, 6) is 0.415. The number of halogens is 1. The monoisotopic (exact) mass is 408 g/mol. The van der Waals surface area contributed by atoms with Gasteiger partial charge in [-0.25, -0.2) is 4.39 Å². The third-order valence-electron chi connectivity index (χ3n) is 4.23. The van der Waals surface area contributed by atoms with Crippen molar-refractivity contribution in [1.29, 1.82) is 0 Å². The van der Waals surface area contributed by atoms with Crippen LogP contribution in [0.15, 0.2) is 53.1 Å². The number of rotatable bonds is 6. The SMILES string of the molecule is COc1cccc(NC(=O)COc2nc(C)nc3onc(-c4ccc(F)cc4)c23)c1. The molecule has 0 fully saturated rings. The first-order chi connectivity index (χ1) is 14.5. The van der Waals surface area contributed by atoms with Crippen LogP contribution in [0.25, 0.3) is 22.4 Å². The summed E-state index contributed by atoms with van der Waals surface area (Å²) in [4.78, 5) is 20.8. The summed E-state index contributed by atoms with van der Waals surface area (Å²) >= 11 is 0. The standard InChI is InChI=1S/C21H17FN4O4/c1-12-23-20(29-11-17(27)25-15-4-3-5-16(10-15)28-2)18-19(26-30-21(18)24-12)13-6-8-14(22)9-7-13/h3-10H,11H2,1-2H3,(H,25,27). The molecule has 4 rings (SSSR count). The van der Waals surface area contributed by atoms with E-state index in [2.05, 4.69) is 20.4 Å². The van der Waals surface area contributed by atoms with Gasteiger partial charge < -0.3 is 19.3 Å². The first-order valence-electron chi connectivity index (χ1n) is 9.00. The van der Waals surface area contributed by atoms with Crippen molar-refractivity contribution in [3.8, 4) is 22.9 Å². The molecule has 1 N–H and O–H groups in total. The van der Waals surface area contributed by atoms with Gasteiger partial charge in [0, 0.05) is 17.3 Å². The maximum Gasteiger partial charge on any atom is 0.265 e. The fraction of sp³-hybridized carbons (Fsp3) is 0.143. The Balaban J connectivity index is 1.58. The van der Waals surface area contributed by atoms with Crippen LogP contribution in [-0.2, 0) is 4.79 Å². The minimum Gasteiger partial charge on any atom is -0.497 e. The van der Waals surface area contributed by atoms with E-state index in [9.17, 15) is 9.18 Å². The zero-order chi connectivity index (χ0) is 21.1. The number of methoxy groups -OCH3 is 1. The van der Waals surface area contributed by atoms with Gasteiger partial charge in [0.1, 0.15) is 28.5 Å². The van der Waals surface area contributed by atoms with Crippen LogP contribution in [0.1, 0.15) is 5.82 Å². The summed E-state index contributed by atoms with van der Waals surface area (Å²) in [5, 5.41) is 7.15. The van der Waals surface area contributed by atoms with Crippen molar-refractivity contribution in [3.05, 3.63) is 60.2 Å². The van der Waals surface area contributed by atoms with E-state index in [4.69, 9.17) is 14.0 Å². The number of amides is 1. The van der Waals surface area contributed by atoms with Gasteiger partial charge in [0.15, 0.2) is 6.61 Å². The second-order valence-electron chi connectivity index (χ2n) is 6.36. The molecular formula is C21H17FN4O4. The van der Waals surface area contributed by atoms with Gasteiger partial charge in [0.05, 0.1) is 7.11 Å². The molecule has 152 valence electrons. The topological polar surface area (TPSA) is 99.4 Å². The highest BCUT2D eigenvalue weighted by molar-refractivity contribution is 5.95. The predicted molar refractivity (Wildman–Crippen MR) is 107 cm³/mol. The molecule has 0 bridgehead atoms. The zero-order valence-electron chi connectivity index (χ0n) is 16.2. The summed E-state index contributed by atoms with van der Waals surface area (Å²) < 4.78 is 29.4. The van der Waals surface area contributed by atoms with Crippen molar-refractivity contribution in [2.75, 3.05) is 19.0 Å². The van der Waals surface area contributed by atoms with E-state index in [1.807, 2.05) is 0 Å². The van der Waals surface area contributed by atoms with E-state index < -0.39 is 0 Å². The van der Waals surface area contributed by atoms with Crippen LogP contribution in [0.5, 0.6) is 11.6 Å². The van der Waals surface area contributed by atoms with Crippen molar-refractivity contribution in [1.82, 2.24) is 15.1 Å². The molecule has 0 saturated carbocycles. The molecule has 0 aliphatic heterocycles. The van der Waals surface area contributed by atoms with Crippen LogP contribution in [-0.4, -0.2) is 34.7 Å². The molecule has 1 amide bonds. The molecule has 2 aromatic carbocycles. The van der Waals surface area contributed by atoms with E-state index >= 15 is 0 Å². The van der Waals surface area contributed by atoms with Crippen molar-refractivity contribution >= 4 is 22.7 Å². The normalized spacial score (nSPS) is 10.8. The average molecular weight is 408 g/mol. The third kappa shape index (κ3) is 4.04. The summed E-state index contributed by atoms with van der Waals surface area (Å²) in [6.45, 7) is 1.37. The molecule has 2 heterocycles. The molecule has 0 unspecified atom stereocenters. The number of hydrogen-bond acceptors (Lipinski definition) is 7. The van der Waals surface area contributed by atoms with Gasteiger partial charge in [-0.05, 0) is 43.3 Å². The van der Waals surface area contributed by atoms with E-state index in [0.717, 1.165) is 0 Å². The molecule has 0 aliphatic carbocycles. The number of anilines is 1. The second kappa shape index (κ2) is 8.16. The Kier molecular flexibility index (Phi) is 5.25. The summed E-state index contributed by atoms with van der Waals surface area (Å²) in [6.07, 6.45) is 0. The Morgan fingerprint density at radius 3 is 2.73 bits per heavy atom. The lowest BCUT2D eigenvalue weighted by molar-refractivity contribution is -0.118. The third-order valence-corrected chi connectivity index (χ3v) is 4.23. The second-order valence-corrected chi connectivity index (χ2v) is 6.36. The highest BCUT2D eigenvalue weighted by atomic mass is 19.1. The predicted octanol–water partition coefficient (Wildman–Crippen LogP) is 3.76. The van der Waals surface area contributed by atoms with Crippen LogP contribution in [0.4, 0.5) is 10.1 Å². The maximum absolute atomic E-state index is 13.3. The van der Waals surface area contributed by atoms with Crippen LogP contribution >= 0.6 is 0 Å². The first kappa shape index (κ1) is 19.3. The van der Waals surface area contributed by atoms with Gasteiger partial charge in [-0.15, -0.1) is 0 Å². The Morgan fingerprint density at radius 1 is 1.17 bits per heavy atom. The maximum atomic E-state index is 13.3. The fourth-order valence-corrected chi connectivity index (χ4v) is 2.87. The molecule has 0 atom stereocenters. The number of carbonyl (C=O) groups is 1. The number of ether oxygens (including phenoxy) is 2. The number of benzene rings is 2. The van der Waals surface area contributed by atoms with Gasteiger partial charge >= 0.3 is 0 Å². The van der Waals surface area contributed by atoms with Gasteiger partial charge in [0.2, 0.25) is 5.88 Å². The quantitative estimate of drug-likeness (QED) is 0.519. The number of fused-ring (bicyclic) bond motifs is 1. The lowest BCUT2D eigenvalue weighted by Crippen LogP contribution is -2.20. The molecule has 2 aromatic heterocycles. The minimum absolute atomic E-state index is 0.152. The number of carbonyl (C=O) groups excluding carboxylic acids is 1. The van der Waals surface area contributed by atoms with Gasteiger partial charge in [-0.1, -0.05) is 11.2 Å². The van der Waals surface area contributed by atoms with Crippen LogP contribution < -0.4 is 14.8 Å². The molecule has 9 heteroatoms. The molecule has 8 nitrogen and oxygen atoms in total. The molecule has 0 radical (unpaired) electrons. The minimum atomic E-state index is -0.382. The highest BCUT2D eigenvalue weighted by Crippen LogP contribution is 2.33. The summed E-state index contributed by atoms with van der Waals surface area (Å²) in [6, 6.07) is 12.7. The Bertz CT molecular complexity index is 1210. The van der Waals surface area contributed by atoms with Crippen LogP contribution in [0.3, 0.4) is 0 Å². The van der Waals surface area contributed by atoms with E-state index in [1.165, 1.54) is 12.1 Å². The van der Waals surface area contributed by atoms with Crippen molar-refractivity contribution in [2.24, 2.45) is 0 Å². The van der Waals surface area contributed by atoms with Crippen LogP contribution in [0.2, 0.25) is 0 Å². The van der Waals surface area contributed by atoms with Gasteiger partial charge in [-0.2, -0.15) is 9.97 Å². The summed E-state index contributed by atoms with van der Waals surface area (Å²) in [7, 11) is 1.55. The lowest BCUT2D eigenvalue weighted by Gasteiger charge is -2.09. The largest absolute Gasteiger partial charge is 0.497 e. The molecule has 30 heavy (non-hydrogen) atoms. The fourth-order valence-electron chi connectivity index (χ4n) is 2.87. The summed E-state index contributed by atoms with van der Waals surface area (Å²) in [5.41, 5.74) is 1.79. The van der Waals surface area contributed by atoms with Crippen molar-refractivity contribution in [2.45, 2.75) is 6.92 Å². The first-order valence-corrected chi connectivity index (χ1v) is 9.00. The highest BCUT2D eigenvalue weighted by Gasteiger charge is 2.20. The number of aromatic nitrogens is 3. The number of nitrogens with one attached hydrogen (secondary N) is 1. The van der Waals surface area contributed by atoms with Crippen molar-refractivity contribution in [3.63, 3.8) is 0 Å². The Labute approximate surface area is 170 Å². The Morgan fingerprint density at radius 2 is 1.97 bits per heavy atom. The number of aryl methyl sites for hydroxylation is 1. The molecule has 0 spiro atoms. The molecule has 0 saturated heterocycles. The molecule has 0 aliphatic rings. The Hall–Kier alpha value is -4.01. The van der Waals surface area contributed by atoms with E-state index in [0.29, 0.717) is 33.9 Å². The number of nitrogens with zero attached hydrogens (tertiary/aromatic N) is 3. The lowest BCUT2D eigenvalue weighted by atomic mass is 10.1.